The summed E-state index contributed by atoms with van der Waals surface area (Å²) in [6, 6.07) is 0. The van der Waals surface area contributed by atoms with E-state index in [1.807, 2.05) is 0 Å². The lowest BCUT2D eigenvalue weighted by molar-refractivity contribution is -0.265. The van der Waals surface area contributed by atoms with Crippen LogP contribution in [0.5, 0.6) is 0 Å². The summed E-state index contributed by atoms with van der Waals surface area (Å²) in [6.45, 7) is 8.04. The van der Waals surface area contributed by atoms with Gasteiger partial charge < -0.3 is 9.47 Å². The van der Waals surface area contributed by atoms with Crippen LogP contribution in [0.25, 0.3) is 0 Å². The first-order valence-corrected chi connectivity index (χ1v) is 9.00. The van der Waals surface area contributed by atoms with Crippen molar-refractivity contribution in [1.82, 2.24) is 0 Å². The third-order valence-corrected chi connectivity index (χ3v) is 9.28. The van der Waals surface area contributed by atoms with Crippen molar-refractivity contribution in [3.63, 3.8) is 0 Å². The molecule has 3 aliphatic carbocycles. The molecule has 4 heteroatoms. The summed E-state index contributed by atoms with van der Waals surface area (Å²) in [6.07, 6.45) is 3.02. The van der Waals surface area contributed by atoms with Crippen LogP contribution >= 0.6 is 22.6 Å². The predicted molar refractivity (Wildman–Crippen MR) is 83.7 cm³/mol. The molecule has 3 saturated carbocycles. The Labute approximate surface area is 134 Å². The van der Waals surface area contributed by atoms with E-state index < -0.39 is 0 Å². The van der Waals surface area contributed by atoms with Crippen molar-refractivity contribution in [2.45, 2.75) is 49.6 Å². The van der Waals surface area contributed by atoms with Gasteiger partial charge in [0.15, 0.2) is 0 Å². The molecule has 2 spiro atoms. The average Bonchev–Trinajstić information content (AvgIpc) is 2.77. The molecule has 0 unspecified atom stereocenters. The average molecular weight is 390 g/mol. The van der Waals surface area contributed by atoms with Gasteiger partial charge in [-0.05, 0) is 29.6 Å². The molecule has 0 amide bonds. The number of ether oxygens (including phenoxy) is 2. The molecule has 1 saturated heterocycles. The number of alkyl halides is 1. The lowest BCUT2D eigenvalue weighted by Gasteiger charge is -2.60. The lowest BCUT2D eigenvalue weighted by Crippen LogP contribution is -2.66. The van der Waals surface area contributed by atoms with Crippen molar-refractivity contribution in [3.8, 4) is 0 Å². The van der Waals surface area contributed by atoms with E-state index >= 15 is 0 Å². The molecule has 0 aromatic carbocycles. The van der Waals surface area contributed by atoms with Crippen LogP contribution in [-0.4, -0.2) is 28.7 Å². The third-order valence-electron chi connectivity index (χ3n) is 7.06. The van der Waals surface area contributed by atoms with Crippen LogP contribution in [0.15, 0.2) is 0 Å². The number of hydrogen-bond acceptors (Lipinski definition) is 3. The standard InChI is InChI=1S/C16H23IO3/c1-9-6-10(18)12-14(2,3)11-7-19-8-20-16(11)5-4-15(9,12)13(16)17/h9,11-13H,4-8H2,1-3H3/t9-,11+,12-,13-,15+,16-/m1/s1. The van der Waals surface area contributed by atoms with E-state index in [-0.39, 0.29) is 22.3 Å². The van der Waals surface area contributed by atoms with Crippen LogP contribution in [0, 0.1) is 28.6 Å². The minimum Gasteiger partial charge on any atom is -0.355 e. The van der Waals surface area contributed by atoms with Crippen LogP contribution in [0.3, 0.4) is 0 Å². The number of hydrogen-bond donors (Lipinski definition) is 0. The second-order valence-electron chi connectivity index (χ2n) is 7.94. The topological polar surface area (TPSA) is 35.5 Å². The molecule has 4 aliphatic rings. The van der Waals surface area contributed by atoms with Crippen LogP contribution in [0.4, 0.5) is 0 Å². The zero-order chi connectivity index (χ0) is 14.3. The van der Waals surface area contributed by atoms with Crippen LogP contribution in [-0.2, 0) is 14.3 Å². The maximum Gasteiger partial charge on any atom is 0.147 e. The number of ketones is 1. The molecule has 0 N–H and O–H groups in total. The van der Waals surface area contributed by atoms with Crippen LogP contribution in [0.2, 0.25) is 0 Å². The van der Waals surface area contributed by atoms with Crippen molar-refractivity contribution in [1.29, 1.82) is 0 Å². The van der Waals surface area contributed by atoms with Gasteiger partial charge in [0.1, 0.15) is 12.6 Å². The summed E-state index contributed by atoms with van der Waals surface area (Å²) in [4.78, 5) is 12.7. The smallest absolute Gasteiger partial charge is 0.147 e. The van der Waals surface area contributed by atoms with E-state index in [4.69, 9.17) is 9.47 Å². The summed E-state index contributed by atoms with van der Waals surface area (Å²) >= 11 is 2.61. The maximum absolute atomic E-state index is 12.7. The molecule has 0 radical (unpaired) electrons. The Morgan fingerprint density at radius 2 is 2.05 bits per heavy atom. The van der Waals surface area contributed by atoms with Crippen molar-refractivity contribution in [3.05, 3.63) is 0 Å². The molecule has 1 heterocycles. The highest BCUT2D eigenvalue weighted by Gasteiger charge is 2.77. The lowest BCUT2D eigenvalue weighted by atomic mass is 9.50. The van der Waals surface area contributed by atoms with E-state index in [1.165, 1.54) is 0 Å². The summed E-state index contributed by atoms with van der Waals surface area (Å²) in [5.74, 6) is 1.52. The second kappa shape index (κ2) is 3.99. The van der Waals surface area contributed by atoms with Gasteiger partial charge in [0.25, 0.3) is 0 Å². The summed E-state index contributed by atoms with van der Waals surface area (Å²) in [5.41, 5.74) is 0.0904. The first kappa shape index (κ1) is 13.9. The molecule has 1 aliphatic heterocycles. The van der Waals surface area contributed by atoms with Crippen molar-refractivity contribution >= 4 is 28.4 Å². The molecule has 0 aromatic heterocycles. The Bertz CT molecular complexity index is 476. The van der Waals surface area contributed by atoms with Gasteiger partial charge in [-0.15, -0.1) is 0 Å². The zero-order valence-electron chi connectivity index (χ0n) is 12.4. The van der Waals surface area contributed by atoms with Gasteiger partial charge >= 0.3 is 0 Å². The number of rotatable bonds is 0. The highest BCUT2D eigenvalue weighted by atomic mass is 127. The first-order chi connectivity index (χ1) is 9.37. The molecule has 20 heavy (non-hydrogen) atoms. The predicted octanol–water partition coefficient (Wildman–Crippen LogP) is 3.19. The van der Waals surface area contributed by atoms with Crippen molar-refractivity contribution in [2.24, 2.45) is 28.6 Å². The van der Waals surface area contributed by atoms with Gasteiger partial charge in [0.05, 0.1) is 12.2 Å². The van der Waals surface area contributed by atoms with Crippen LogP contribution in [0.1, 0.15) is 40.0 Å². The molecule has 6 atom stereocenters. The fourth-order valence-corrected chi connectivity index (χ4v) is 8.52. The first-order valence-electron chi connectivity index (χ1n) is 7.76. The Hall–Kier alpha value is 0.320. The normalized spacial score (nSPS) is 56.5. The minimum absolute atomic E-state index is 0.0135. The van der Waals surface area contributed by atoms with Gasteiger partial charge in [0.2, 0.25) is 0 Å². The highest BCUT2D eigenvalue weighted by Crippen LogP contribution is 2.74. The Morgan fingerprint density at radius 3 is 2.80 bits per heavy atom. The van der Waals surface area contributed by atoms with Gasteiger partial charge in [0, 0.05) is 22.2 Å². The van der Waals surface area contributed by atoms with E-state index in [0.29, 0.717) is 28.3 Å². The SMILES string of the molecule is C[C@@H]1CC(=O)[C@@H]2C(C)(C)[C@@H]3COCO[C@]34CC[C@]12[C@H]4I. The molecular formula is C16H23IO3. The van der Waals surface area contributed by atoms with Gasteiger partial charge in [-0.2, -0.15) is 0 Å². The number of halogens is 1. The van der Waals surface area contributed by atoms with E-state index in [2.05, 4.69) is 43.4 Å². The van der Waals surface area contributed by atoms with Gasteiger partial charge in [-0.1, -0.05) is 43.4 Å². The summed E-state index contributed by atoms with van der Waals surface area (Å²) in [5, 5.41) is 0. The third kappa shape index (κ3) is 1.29. The summed E-state index contributed by atoms with van der Waals surface area (Å²) < 4.78 is 12.3. The molecule has 3 nitrogen and oxygen atoms in total. The van der Waals surface area contributed by atoms with E-state index in [1.54, 1.807) is 0 Å². The second-order valence-corrected chi connectivity index (χ2v) is 9.19. The maximum atomic E-state index is 12.7. The molecule has 0 aromatic rings. The Kier molecular flexibility index (Phi) is 2.78. The molecule has 112 valence electrons. The zero-order valence-corrected chi connectivity index (χ0v) is 14.6. The van der Waals surface area contributed by atoms with Crippen molar-refractivity contribution in [2.75, 3.05) is 13.4 Å². The van der Waals surface area contributed by atoms with Crippen molar-refractivity contribution < 1.29 is 14.3 Å². The molecule has 2 bridgehead atoms. The largest absolute Gasteiger partial charge is 0.355 e. The fourth-order valence-electron chi connectivity index (χ4n) is 6.31. The summed E-state index contributed by atoms with van der Waals surface area (Å²) in [7, 11) is 0. The quantitative estimate of drug-likeness (QED) is 0.471. The van der Waals surface area contributed by atoms with E-state index in [9.17, 15) is 4.79 Å². The monoisotopic (exact) mass is 390 g/mol. The molecule has 4 rings (SSSR count). The van der Waals surface area contributed by atoms with Crippen LogP contribution < -0.4 is 0 Å². The fraction of sp³-hybridized carbons (Fsp3) is 0.938. The minimum atomic E-state index is -0.0578. The number of Topliss-reactive ketones (excluding diaryl/α,β-unsaturated/α-hetero) is 1. The van der Waals surface area contributed by atoms with Gasteiger partial charge in [-0.25, -0.2) is 0 Å². The molecule has 4 fully saturated rings. The number of carbonyl (C=O) groups excluding carboxylic acids is 1. The van der Waals surface area contributed by atoms with Gasteiger partial charge in [-0.3, -0.25) is 4.79 Å². The Balaban J connectivity index is 1.93. The highest BCUT2D eigenvalue weighted by molar-refractivity contribution is 14.1. The molecular weight excluding hydrogens is 367 g/mol. The Morgan fingerprint density at radius 1 is 1.30 bits per heavy atom. The number of carbonyl (C=O) groups is 1. The van der Waals surface area contributed by atoms with E-state index in [0.717, 1.165) is 25.9 Å².